The van der Waals surface area contributed by atoms with Crippen molar-refractivity contribution < 1.29 is 18.8 Å². The number of benzene rings is 1. The number of rotatable bonds is 3. The van der Waals surface area contributed by atoms with Crippen molar-refractivity contribution in [2.75, 3.05) is 11.9 Å². The van der Waals surface area contributed by atoms with Gasteiger partial charge in [-0.2, -0.15) is 0 Å². The van der Waals surface area contributed by atoms with Crippen molar-refractivity contribution >= 4 is 35.1 Å². The highest BCUT2D eigenvalue weighted by Crippen LogP contribution is 2.43. The van der Waals surface area contributed by atoms with Gasteiger partial charge in [0.05, 0.1) is 5.02 Å². The molecule has 1 spiro atoms. The summed E-state index contributed by atoms with van der Waals surface area (Å²) in [7, 11) is 0. The molecule has 0 radical (unpaired) electrons. The van der Waals surface area contributed by atoms with Crippen molar-refractivity contribution in [1.29, 1.82) is 0 Å². The number of anilines is 1. The van der Waals surface area contributed by atoms with Crippen LogP contribution in [0, 0.1) is 17.2 Å². The van der Waals surface area contributed by atoms with Crippen LogP contribution < -0.4 is 10.6 Å². The topological polar surface area (TPSA) is 78.5 Å². The molecule has 0 bridgehead atoms. The van der Waals surface area contributed by atoms with Crippen LogP contribution in [0.4, 0.5) is 14.9 Å². The Balaban J connectivity index is 1.64. The molecule has 0 atom stereocenters. The quantitative estimate of drug-likeness (QED) is 0.742. The number of hydrogen-bond acceptors (Lipinski definition) is 3. The van der Waals surface area contributed by atoms with Gasteiger partial charge in [0, 0.05) is 5.69 Å². The maximum atomic E-state index is 13.2. The second-order valence-electron chi connectivity index (χ2n) is 8.72. The molecule has 2 N–H and O–H groups in total. The molecular formula is C20H25ClFN3O3. The largest absolute Gasteiger partial charge is 0.325 e. The van der Waals surface area contributed by atoms with E-state index in [0.717, 1.165) is 23.8 Å². The predicted octanol–water partition coefficient (Wildman–Crippen LogP) is 3.94. The Labute approximate surface area is 168 Å². The van der Waals surface area contributed by atoms with Crippen LogP contribution in [0.2, 0.25) is 5.02 Å². The van der Waals surface area contributed by atoms with Crippen molar-refractivity contribution in [3.05, 3.63) is 29.0 Å². The lowest BCUT2D eigenvalue weighted by atomic mass is 9.67. The summed E-state index contributed by atoms with van der Waals surface area (Å²) >= 11 is 5.70. The first kappa shape index (κ1) is 20.6. The third-order valence-corrected chi connectivity index (χ3v) is 6.10. The normalized spacial score (nSPS) is 25.2. The van der Waals surface area contributed by atoms with Crippen LogP contribution in [-0.4, -0.2) is 34.8 Å². The molecule has 2 fully saturated rings. The maximum absolute atomic E-state index is 13.2. The van der Waals surface area contributed by atoms with Gasteiger partial charge < -0.3 is 10.6 Å². The van der Waals surface area contributed by atoms with Crippen molar-refractivity contribution in [3.63, 3.8) is 0 Å². The molecule has 6 nitrogen and oxygen atoms in total. The number of amides is 4. The molecule has 1 aliphatic heterocycles. The van der Waals surface area contributed by atoms with E-state index in [-0.39, 0.29) is 16.3 Å². The van der Waals surface area contributed by atoms with Crippen molar-refractivity contribution in [1.82, 2.24) is 10.2 Å². The number of imide groups is 1. The molecule has 2 aliphatic rings. The Bertz CT molecular complexity index is 813. The smallest absolute Gasteiger partial charge is 0.324 e. The maximum Gasteiger partial charge on any atom is 0.325 e. The number of carbonyl (C=O) groups is 3. The van der Waals surface area contributed by atoms with Crippen molar-refractivity contribution in [2.24, 2.45) is 11.3 Å². The summed E-state index contributed by atoms with van der Waals surface area (Å²) in [6.45, 7) is 6.15. The van der Waals surface area contributed by atoms with E-state index in [0.29, 0.717) is 24.4 Å². The first-order chi connectivity index (χ1) is 13.0. The van der Waals surface area contributed by atoms with E-state index in [9.17, 15) is 18.8 Å². The minimum atomic E-state index is -0.904. The van der Waals surface area contributed by atoms with Gasteiger partial charge in [0.2, 0.25) is 5.91 Å². The van der Waals surface area contributed by atoms with E-state index in [1.54, 1.807) is 0 Å². The lowest BCUT2D eigenvalue weighted by Gasteiger charge is -2.40. The van der Waals surface area contributed by atoms with Gasteiger partial charge in [-0.05, 0) is 55.2 Å². The Morgan fingerprint density at radius 3 is 2.54 bits per heavy atom. The lowest BCUT2D eigenvalue weighted by Crippen LogP contribution is -2.50. The van der Waals surface area contributed by atoms with E-state index in [1.807, 2.05) is 0 Å². The fourth-order valence-electron chi connectivity index (χ4n) is 4.05. The van der Waals surface area contributed by atoms with Crippen LogP contribution in [-0.2, 0) is 9.59 Å². The fraction of sp³-hybridized carbons (Fsp3) is 0.550. The summed E-state index contributed by atoms with van der Waals surface area (Å²) in [6.07, 6.45) is 2.85. The monoisotopic (exact) mass is 409 g/mol. The van der Waals surface area contributed by atoms with Crippen LogP contribution in [0.15, 0.2) is 18.2 Å². The summed E-state index contributed by atoms with van der Waals surface area (Å²) in [5.74, 6) is -1.01. The highest BCUT2D eigenvalue weighted by molar-refractivity contribution is 6.31. The molecule has 1 saturated carbocycles. The van der Waals surface area contributed by atoms with Crippen LogP contribution in [0.5, 0.6) is 0 Å². The SMILES string of the molecule is CC(C)(C)C1CCC2(CC1)NC(=O)N(CC(=O)Nc1ccc(F)c(Cl)c1)C2=O. The molecule has 152 valence electrons. The minimum absolute atomic E-state index is 0.123. The average molecular weight is 410 g/mol. The second-order valence-corrected chi connectivity index (χ2v) is 9.13. The number of carbonyl (C=O) groups excluding carboxylic acids is 3. The molecule has 1 aromatic carbocycles. The van der Waals surface area contributed by atoms with Gasteiger partial charge >= 0.3 is 6.03 Å². The molecular weight excluding hydrogens is 385 g/mol. The number of urea groups is 1. The molecule has 1 heterocycles. The molecule has 0 unspecified atom stereocenters. The van der Waals surface area contributed by atoms with Gasteiger partial charge in [0.15, 0.2) is 0 Å². The fourth-order valence-corrected chi connectivity index (χ4v) is 4.23. The third-order valence-electron chi connectivity index (χ3n) is 5.81. The number of hydrogen-bond donors (Lipinski definition) is 2. The molecule has 3 rings (SSSR count). The van der Waals surface area contributed by atoms with E-state index in [1.165, 1.54) is 12.1 Å². The first-order valence-corrected chi connectivity index (χ1v) is 9.79. The van der Waals surface area contributed by atoms with Gasteiger partial charge in [0.1, 0.15) is 17.9 Å². The summed E-state index contributed by atoms with van der Waals surface area (Å²) in [5, 5.41) is 5.22. The van der Waals surface area contributed by atoms with Crippen molar-refractivity contribution in [2.45, 2.75) is 52.0 Å². The summed E-state index contributed by atoms with van der Waals surface area (Å²) in [5.41, 5.74) is -0.453. The molecule has 4 amide bonds. The summed E-state index contributed by atoms with van der Waals surface area (Å²) in [4.78, 5) is 38.5. The lowest BCUT2D eigenvalue weighted by molar-refractivity contribution is -0.135. The zero-order chi connectivity index (χ0) is 20.7. The Kier molecular flexibility index (Phi) is 5.40. The first-order valence-electron chi connectivity index (χ1n) is 9.41. The van der Waals surface area contributed by atoms with Gasteiger partial charge in [-0.15, -0.1) is 0 Å². The van der Waals surface area contributed by atoms with Crippen LogP contribution in [0.25, 0.3) is 0 Å². The number of nitrogens with one attached hydrogen (secondary N) is 2. The van der Waals surface area contributed by atoms with Crippen LogP contribution >= 0.6 is 11.6 Å². The average Bonchev–Trinajstić information content (AvgIpc) is 2.82. The molecule has 28 heavy (non-hydrogen) atoms. The molecule has 0 aromatic heterocycles. The highest BCUT2D eigenvalue weighted by Gasteiger charge is 2.53. The molecule has 1 aromatic rings. The summed E-state index contributed by atoms with van der Waals surface area (Å²) in [6, 6.07) is 3.22. The standard InChI is InChI=1S/C20H25ClFN3O3/c1-19(2,3)12-6-8-20(9-7-12)17(27)25(18(28)24-20)11-16(26)23-13-4-5-15(22)14(21)10-13/h4-5,10,12H,6-9,11H2,1-3H3,(H,23,26)(H,24,28). The minimum Gasteiger partial charge on any atom is -0.324 e. The second kappa shape index (κ2) is 7.35. The van der Waals surface area contributed by atoms with Gasteiger partial charge in [-0.3, -0.25) is 14.5 Å². The Hall–Kier alpha value is -2.15. The number of nitrogens with zero attached hydrogens (tertiary/aromatic N) is 1. The molecule has 1 aliphatic carbocycles. The predicted molar refractivity (Wildman–Crippen MR) is 104 cm³/mol. The third kappa shape index (κ3) is 3.99. The van der Waals surface area contributed by atoms with E-state index in [2.05, 4.69) is 31.4 Å². The molecule has 8 heteroatoms. The van der Waals surface area contributed by atoms with E-state index < -0.39 is 29.8 Å². The zero-order valence-electron chi connectivity index (χ0n) is 16.3. The van der Waals surface area contributed by atoms with Gasteiger partial charge in [-0.1, -0.05) is 32.4 Å². The number of halogens is 2. The zero-order valence-corrected chi connectivity index (χ0v) is 17.0. The Morgan fingerprint density at radius 1 is 1.32 bits per heavy atom. The van der Waals surface area contributed by atoms with Crippen molar-refractivity contribution in [3.8, 4) is 0 Å². The van der Waals surface area contributed by atoms with E-state index in [4.69, 9.17) is 11.6 Å². The van der Waals surface area contributed by atoms with Gasteiger partial charge in [-0.25, -0.2) is 9.18 Å². The highest BCUT2D eigenvalue weighted by atomic mass is 35.5. The van der Waals surface area contributed by atoms with Crippen LogP contribution in [0.1, 0.15) is 46.5 Å². The van der Waals surface area contributed by atoms with Crippen LogP contribution in [0.3, 0.4) is 0 Å². The van der Waals surface area contributed by atoms with Gasteiger partial charge in [0.25, 0.3) is 5.91 Å². The van der Waals surface area contributed by atoms with E-state index >= 15 is 0 Å². The summed E-state index contributed by atoms with van der Waals surface area (Å²) < 4.78 is 13.2. The molecule has 1 saturated heterocycles. The Morgan fingerprint density at radius 2 is 1.96 bits per heavy atom.